The van der Waals surface area contributed by atoms with Gasteiger partial charge in [-0.05, 0) is 30.5 Å². The number of aryl methyl sites for hydroxylation is 1. The molecule has 5 nitrogen and oxygen atoms in total. The molecule has 0 fully saturated rings. The molecule has 1 aliphatic heterocycles. The molecule has 3 rings (SSSR count). The predicted octanol–water partition coefficient (Wildman–Crippen LogP) is 1.48. The smallest absolute Gasteiger partial charge is 0.279 e. The Morgan fingerprint density at radius 2 is 2.28 bits per heavy atom. The summed E-state index contributed by atoms with van der Waals surface area (Å²) in [6.07, 6.45) is 4.69. The molecule has 0 amide bonds. The average Bonchev–Trinajstić information content (AvgIpc) is 2.67. The highest BCUT2D eigenvalue weighted by molar-refractivity contribution is 6.29. The summed E-state index contributed by atoms with van der Waals surface area (Å²) in [7, 11) is 0. The first-order chi connectivity index (χ1) is 8.74. The molecule has 0 aromatic carbocycles. The van der Waals surface area contributed by atoms with Crippen molar-refractivity contribution < 1.29 is 0 Å². The normalized spacial score (nSPS) is 14.5. The van der Waals surface area contributed by atoms with Gasteiger partial charge in [0.25, 0.3) is 0 Å². The molecule has 3 heterocycles. The Morgan fingerprint density at radius 1 is 1.39 bits per heavy atom. The van der Waals surface area contributed by atoms with Crippen molar-refractivity contribution in [2.24, 2.45) is 0 Å². The molecule has 2 aromatic heterocycles. The summed E-state index contributed by atoms with van der Waals surface area (Å²) in [6.45, 7) is 1.23. The largest absolute Gasteiger partial charge is 0.346 e. The summed E-state index contributed by atoms with van der Waals surface area (Å²) < 4.78 is 3.28. The molecule has 0 spiro atoms. The molecule has 0 aliphatic carbocycles. The van der Waals surface area contributed by atoms with Crippen molar-refractivity contribution in [3.05, 3.63) is 45.4 Å². The van der Waals surface area contributed by atoms with E-state index in [0.29, 0.717) is 11.7 Å². The van der Waals surface area contributed by atoms with Gasteiger partial charge in [0, 0.05) is 19.2 Å². The first kappa shape index (κ1) is 11.5. The Bertz CT molecular complexity index is 631. The second-order valence-electron chi connectivity index (χ2n) is 4.45. The Hall–Kier alpha value is -1.62. The lowest BCUT2D eigenvalue weighted by Gasteiger charge is -2.09. The van der Waals surface area contributed by atoms with E-state index >= 15 is 0 Å². The molecule has 2 aromatic rings. The molecule has 94 valence electrons. The van der Waals surface area contributed by atoms with E-state index in [9.17, 15) is 4.79 Å². The van der Waals surface area contributed by atoms with Crippen LogP contribution in [0.25, 0.3) is 0 Å². The van der Waals surface area contributed by atoms with E-state index in [1.54, 1.807) is 16.8 Å². The van der Waals surface area contributed by atoms with Crippen LogP contribution in [-0.2, 0) is 19.5 Å². The molecule has 0 atom stereocenters. The molecule has 6 heteroatoms. The van der Waals surface area contributed by atoms with E-state index in [0.717, 1.165) is 37.2 Å². The fraction of sp³-hybridized carbons (Fsp3) is 0.417. The second-order valence-corrected chi connectivity index (χ2v) is 4.84. The highest BCUT2D eigenvalue weighted by Gasteiger charge is 2.16. The van der Waals surface area contributed by atoms with Crippen LogP contribution in [0.1, 0.15) is 24.2 Å². The number of hydrogen-bond acceptors (Lipinski definition) is 3. The van der Waals surface area contributed by atoms with Crippen LogP contribution in [0.3, 0.4) is 0 Å². The summed E-state index contributed by atoms with van der Waals surface area (Å²) in [5.41, 5.74) is 0.908. The first-order valence-corrected chi connectivity index (χ1v) is 6.39. The third-order valence-electron chi connectivity index (χ3n) is 3.15. The Kier molecular flexibility index (Phi) is 2.91. The van der Waals surface area contributed by atoms with Gasteiger partial charge in [-0.2, -0.15) is 5.10 Å². The van der Waals surface area contributed by atoms with Crippen LogP contribution >= 0.6 is 11.6 Å². The van der Waals surface area contributed by atoms with Crippen molar-refractivity contribution in [3.63, 3.8) is 0 Å². The average molecular weight is 265 g/mol. The standard InChI is InChI=1S/C12H13ClN4O/c13-10-7-9(4-5-14-10)8-17-12(18)16-6-2-1-3-11(16)15-17/h4-5,7H,1-3,6,8H2. The maximum absolute atomic E-state index is 12.1. The predicted molar refractivity (Wildman–Crippen MR) is 67.8 cm³/mol. The number of halogens is 1. The maximum Gasteiger partial charge on any atom is 0.346 e. The van der Waals surface area contributed by atoms with Gasteiger partial charge in [0.1, 0.15) is 11.0 Å². The highest BCUT2D eigenvalue weighted by atomic mass is 35.5. The molecule has 0 bridgehead atoms. The van der Waals surface area contributed by atoms with Gasteiger partial charge >= 0.3 is 5.69 Å². The number of hydrogen-bond donors (Lipinski definition) is 0. The van der Waals surface area contributed by atoms with Crippen LogP contribution in [0.2, 0.25) is 5.15 Å². The van der Waals surface area contributed by atoms with E-state index in [2.05, 4.69) is 10.1 Å². The number of nitrogens with zero attached hydrogens (tertiary/aromatic N) is 4. The topological polar surface area (TPSA) is 52.7 Å². The zero-order valence-corrected chi connectivity index (χ0v) is 10.6. The lowest BCUT2D eigenvalue weighted by Crippen LogP contribution is -2.27. The van der Waals surface area contributed by atoms with E-state index < -0.39 is 0 Å². The van der Waals surface area contributed by atoms with Gasteiger partial charge in [0.15, 0.2) is 0 Å². The van der Waals surface area contributed by atoms with Crippen molar-refractivity contribution in [2.75, 3.05) is 0 Å². The Labute approximate surface area is 109 Å². The van der Waals surface area contributed by atoms with Crippen LogP contribution < -0.4 is 5.69 Å². The minimum absolute atomic E-state index is 0.0300. The number of aromatic nitrogens is 4. The van der Waals surface area contributed by atoms with Crippen molar-refractivity contribution in [1.82, 2.24) is 19.3 Å². The van der Waals surface area contributed by atoms with Gasteiger partial charge < -0.3 is 0 Å². The summed E-state index contributed by atoms with van der Waals surface area (Å²) in [5, 5.41) is 4.81. The van der Waals surface area contributed by atoms with Crippen molar-refractivity contribution in [2.45, 2.75) is 32.4 Å². The Morgan fingerprint density at radius 3 is 3.06 bits per heavy atom. The van der Waals surface area contributed by atoms with Crippen LogP contribution in [0.5, 0.6) is 0 Å². The van der Waals surface area contributed by atoms with Crippen molar-refractivity contribution >= 4 is 11.6 Å². The SMILES string of the molecule is O=c1n(Cc2ccnc(Cl)c2)nc2n1CCCC2. The van der Waals surface area contributed by atoms with Gasteiger partial charge in [-0.3, -0.25) is 4.57 Å². The van der Waals surface area contributed by atoms with Gasteiger partial charge in [-0.15, -0.1) is 0 Å². The van der Waals surface area contributed by atoms with E-state index in [-0.39, 0.29) is 5.69 Å². The van der Waals surface area contributed by atoms with Gasteiger partial charge in [-0.1, -0.05) is 11.6 Å². The maximum atomic E-state index is 12.1. The minimum atomic E-state index is -0.0300. The summed E-state index contributed by atoms with van der Waals surface area (Å²) >= 11 is 5.83. The molecule has 18 heavy (non-hydrogen) atoms. The van der Waals surface area contributed by atoms with Crippen molar-refractivity contribution in [1.29, 1.82) is 0 Å². The Balaban J connectivity index is 1.94. The molecule has 0 N–H and O–H groups in total. The quantitative estimate of drug-likeness (QED) is 0.772. The zero-order chi connectivity index (χ0) is 12.5. The monoisotopic (exact) mass is 264 g/mol. The summed E-state index contributed by atoms with van der Waals surface area (Å²) in [6, 6.07) is 3.60. The van der Waals surface area contributed by atoms with Gasteiger partial charge in [0.05, 0.1) is 6.54 Å². The first-order valence-electron chi connectivity index (χ1n) is 6.01. The fourth-order valence-corrected chi connectivity index (χ4v) is 2.46. The molecule has 0 saturated heterocycles. The second kappa shape index (κ2) is 4.57. The molecule has 0 unspecified atom stereocenters. The van der Waals surface area contributed by atoms with Gasteiger partial charge in [-0.25, -0.2) is 14.5 Å². The van der Waals surface area contributed by atoms with E-state index in [4.69, 9.17) is 11.6 Å². The molecule has 0 saturated carbocycles. The third-order valence-corrected chi connectivity index (χ3v) is 3.36. The molecule has 1 aliphatic rings. The van der Waals surface area contributed by atoms with Crippen LogP contribution in [0.4, 0.5) is 0 Å². The minimum Gasteiger partial charge on any atom is -0.279 e. The number of fused-ring (bicyclic) bond motifs is 1. The van der Waals surface area contributed by atoms with Crippen LogP contribution in [-0.4, -0.2) is 19.3 Å². The zero-order valence-electron chi connectivity index (χ0n) is 9.84. The van der Waals surface area contributed by atoms with Crippen LogP contribution in [0, 0.1) is 0 Å². The van der Waals surface area contributed by atoms with E-state index in [1.165, 1.54) is 4.68 Å². The van der Waals surface area contributed by atoms with Crippen LogP contribution in [0.15, 0.2) is 23.1 Å². The van der Waals surface area contributed by atoms with E-state index in [1.807, 2.05) is 6.07 Å². The molecular formula is C12H13ClN4O. The van der Waals surface area contributed by atoms with Gasteiger partial charge in [0.2, 0.25) is 0 Å². The summed E-state index contributed by atoms with van der Waals surface area (Å²) in [4.78, 5) is 16.0. The lowest BCUT2D eigenvalue weighted by molar-refractivity contribution is 0.511. The highest BCUT2D eigenvalue weighted by Crippen LogP contribution is 2.11. The van der Waals surface area contributed by atoms with Crippen molar-refractivity contribution in [3.8, 4) is 0 Å². The summed E-state index contributed by atoms with van der Waals surface area (Å²) in [5.74, 6) is 0.895. The number of rotatable bonds is 2. The fourth-order valence-electron chi connectivity index (χ4n) is 2.27. The molecular weight excluding hydrogens is 252 g/mol. The lowest BCUT2D eigenvalue weighted by atomic mass is 10.2. The number of pyridine rings is 1. The third kappa shape index (κ3) is 2.06. The molecule has 0 radical (unpaired) electrons.